The van der Waals surface area contributed by atoms with E-state index in [2.05, 4.69) is 20.7 Å². The molecular formula is C17H21FN6O2. The number of rotatable bonds is 4. The fourth-order valence-electron chi connectivity index (χ4n) is 3.36. The fraction of sp³-hybridized carbons (Fsp3) is 0.471. The van der Waals surface area contributed by atoms with Crippen LogP contribution in [0.1, 0.15) is 29.3 Å². The number of carbonyl (C=O) groups is 1. The van der Waals surface area contributed by atoms with Gasteiger partial charge in [-0.25, -0.2) is 9.37 Å². The summed E-state index contributed by atoms with van der Waals surface area (Å²) in [6.07, 6.45) is 4.11. The van der Waals surface area contributed by atoms with Crippen LogP contribution in [0.15, 0.2) is 12.4 Å². The number of ether oxygens (including phenoxy) is 1. The van der Waals surface area contributed by atoms with E-state index in [1.165, 1.54) is 0 Å². The molecule has 4 N–H and O–H groups in total. The van der Waals surface area contributed by atoms with Crippen LogP contribution in [0.25, 0.3) is 11.3 Å². The normalized spacial score (nSPS) is 22.2. The number of nitrogens with zero attached hydrogens (tertiary/aromatic N) is 3. The standard InChI is InChI=1S/C17H21FN6O2/c1-2-24-7-9(5-21-24)15-13-10(6-20-17(13)25)14(18)16(23-15)22-12-3-4-26-8-11(12)19/h5,7,11-12H,2-4,6,8,19H2,1H3,(H,20,25)(H,22,23)/t11-,12+/m0/s1. The van der Waals surface area contributed by atoms with Gasteiger partial charge >= 0.3 is 0 Å². The lowest BCUT2D eigenvalue weighted by atomic mass is 10.0. The summed E-state index contributed by atoms with van der Waals surface area (Å²) in [7, 11) is 0. The van der Waals surface area contributed by atoms with Crippen LogP contribution in [0.2, 0.25) is 0 Å². The number of halogens is 1. The Morgan fingerprint density at radius 3 is 3.12 bits per heavy atom. The second-order valence-corrected chi connectivity index (χ2v) is 6.52. The lowest BCUT2D eigenvalue weighted by Gasteiger charge is -2.30. The molecule has 0 unspecified atom stereocenters. The molecule has 2 aromatic rings. The zero-order valence-corrected chi connectivity index (χ0v) is 14.5. The van der Waals surface area contributed by atoms with Crippen LogP contribution in [0, 0.1) is 5.82 Å². The van der Waals surface area contributed by atoms with E-state index >= 15 is 0 Å². The molecule has 4 rings (SSSR count). The van der Waals surface area contributed by atoms with Gasteiger partial charge in [-0.3, -0.25) is 9.48 Å². The lowest BCUT2D eigenvalue weighted by molar-refractivity contribution is 0.0751. The maximum atomic E-state index is 15.0. The number of amides is 1. The van der Waals surface area contributed by atoms with E-state index < -0.39 is 5.82 Å². The smallest absolute Gasteiger partial charge is 0.254 e. The van der Waals surface area contributed by atoms with Crippen molar-refractivity contribution >= 4 is 11.7 Å². The van der Waals surface area contributed by atoms with E-state index in [4.69, 9.17) is 10.5 Å². The van der Waals surface area contributed by atoms with Gasteiger partial charge in [0.25, 0.3) is 5.91 Å². The first-order chi connectivity index (χ1) is 12.6. The summed E-state index contributed by atoms with van der Waals surface area (Å²) < 4.78 is 22.1. The van der Waals surface area contributed by atoms with Gasteiger partial charge in [0.1, 0.15) is 0 Å². The van der Waals surface area contributed by atoms with Crippen LogP contribution in [0.4, 0.5) is 10.2 Å². The third-order valence-corrected chi connectivity index (χ3v) is 4.84. The predicted molar refractivity (Wildman–Crippen MR) is 93.1 cm³/mol. The average Bonchev–Trinajstić information content (AvgIpc) is 3.27. The number of aromatic nitrogens is 3. The first-order valence-corrected chi connectivity index (χ1v) is 8.71. The molecule has 138 valence electrons. The topological polar surface area (TPSA) is 107 Å². The second kappa shape index (κ2) is 6.65. The third kappa shape index (κ3) is 2.82. The van der Waals surface area contributed by atoms with Crippen LogP contribution in [-0.4, -0.2) is 46.0 Å². The van der Waals surface area contributed by atoms with Crippen molar-refractivity contribution in [1.82, 2.24) is 20.1 Å². The van der Waals surface area contributed by atoms with E-state index in [0.717, 1.165) is 0 Å². The minimum atomic E-state index is -0.510. The molecule has 0 radical (unpaired) electrons. The van der Waals surface area contributed by atoms with Gasteiger partial charge in [0.05, 0.1) is 24.1 Å². The van der Waals surface area contributed by atoms with Crippen molar-refractivity contribution in [2.75, 3.05) is 18.5 Å². The van der Waals surface area contributed by atoms with Gasteiger partial charge in [0, 0.05) is 49.1 Å². The molecule has 0 saturated carbocycles. The molecule has 1 fully saturated rings. The first-order valence-electron chi connectivity index (χ1n) is 8.71. The molecular weight excluding hydrogens is 339 g/mol. The van der Waals surface area contributed by atoms with Crippen molar-refractivity contribution < 1.29 is 13.9 Å². The van der Waals surface area contributed by atoms with E-state index in [-0.39, 0.29) is 35.9 Å². The summed E-state index contributed by atoms with van der Waals surface area (Å²) >= 11 is 0. The summed E-state index contributed by atoms with van der Waals surface area (Å²) in [6.45, 7) is 3.78. The van der Waals surface area contributed by atoms with Crippen molar-refractivity contribution in [3.05, 3.63) is 29.3 Å². The highest BCUT2D eigenvalue weighted by atomic mass is 19.1. The minimum absolute atomic E-state index is 0.113. The molecule has 1 saturated heterocycles. The van der Waals surface area contributed by atoms with Gasteiger partial charge in [0.2, 0.25) is 0 Å². The highest BCUT2D eigenvalue weighted by Crippen LogP contribution is 2.33. The van der Waals surface area contributed by atoms with Gasteiger partial charge in [-0.05, 0) is 13.3 Å². The third-order valence-electron chi connectivity index (χ3n) is 4.84. The van der Waals surface area contributed by atoms with Crippen molar-refractivity contribution in [3.63, 3.8) is 0 Å². The Bertz CT molecular complexity index is 852. The largest absolute Gasteiger partial charge is 0.380 e. The molecule has 26 heavy (non-hydrogen) atoms. The van der Waals surface area contributed by atoms with Crippen LogP contribution < -0.4 is 16.4 Å². The van der Waals surface area contributed by atoms with Crippen LogP contribution in [-0.2, 0) is 17.8 Å². The van der Waals surface area contributed by atoms with Crippen molar-refractivity contribution in [1.29, 1.82) is 0 Å². The zero-order chi connectivity index (χ0) is 18.3. The number of hydrogen-bond donors (Lipinski definition) is 3. The number of aryl methyl sites for hydroxylation is 1. The Kier molecular flexibility index (Phi) is 4.33. The summed E-state index contributed by atoms with van der Waals surface area (Å²) in [5.74, 6) is -0.717. The van der Waals surface area contributed by atoms with Gasteiger partial charge < -0.3 is 21.1 Å². The van der Waals surface area contributed by atoms with Crippen molar-refractivity contribution in [3.8, 4) is 11.3 Å². The molecule has 0 bridgehead atoms. The summed E-state index contributed by atoms with van der Waals surface area (Å²) in [5.41, 5.74) is 7.78. The highest BCUT2D eigenvalue weighted by Gasteiger charge is 2.32. The van der Waals surface area contributed by atoms with E-state index in [1.54, 1.807) is 17.1 Å². The maximum absolute atomic E-state index is 15.0. The van der Waals surface area contributed by atoms with Crippen molar-refractivity contribution in [2.45, 2.75) is 38.5 Å². The van der Waals surface area contributed by atoms with Gasteiger partial charge in [-0.2, -0.15) is 5.10 Å². The second-order valence-electron chi connectivity index (χ2n) is 6.52. The molecule has 1 amide bonds. The molecule has 2 atom stereocenters. The highest BCUT2D eigenvalue weighted by molar-refractivity contribution is 6.04. The van der Waals surface area contributed by atoms with Crippen LogP contribution in [0.5, 0.6) is 0 Å². The predicted octanol–water partition coefficient (Wildman–Crippen LogP) is 0.876. The molecule has 0 aliphatic carbocycles. The molecule has 8 nitrogen and oxygen atoms in total. The summed E-state index contributed by atoms with van der Waals surface area (Å²) in [5, 5.41) is 10.0. The van der Waals surface area contributed by atoms with Gasteiger partial charge in [-0.1, -0.05) is 0 Å². The van der Waals surface area contributed by atoms with Gasteiger partial charge in [0.15, 0.2) is 11.6 Å². The molecule has 0 spiro atoms. The number of nitrogens with one attached hydrogen (secondary N) is 2. The minimum Gasteiger partial charge on any atom is -0.380 e. The van der Waals surface area contributed by atoms with Crippen LogP contribution >= 0.6 is 0 Å². The Labute approximate surface area is 149 Å². The van der Waals surface area contributed by atoms with E-state index in [0.29, 0.717) is 43.0 Å². The quantitative estimate of drug-likeness (QED) is 0.747. The molecule has 2 aliphatic heterocycles. The molecule has 2 aromatic heterocycles. The number of fused-ring (bicyclic) bond motifs is 1. The number of hydrogen-bond acceptors (Lipinski definition) is 6. The lowest BCUT2D eigenvalue weighted by Crippen LogP contribution is -2.48. The Morgan fingerprint density at radius 2 is 2.38 bits per heavy atom. The molecule has 4 heterocycles. The van der Waals surface area contributed by atoms with E-state index in [1.807, 2.05) is 6.92 Å². The zero-order valence-electron chi connectivity index (χ0n) is 14.5. The Balaban J connectivity index is 1.78. The van der Waals surface area contributed by atoms with Gasteiger partial charge in [-0.15, -0.1) is 0 Å². The number of anilines is 1. The average molecular weight is 360 g/mol. The first kappa shape index (κ1) is 16.9. The molecule has 0 aromatic carbocycles. The monoisotopic (exact) mass is 360 g/mol. The molecule has 2 aliphatic rings. The Morgan fingerprint density at radius 1 is 1.54 bits per heavy atom. The SMILES string of the molecule is CCn1cc(-c2nc(N[C@@H]3CCOC[C@@H]3N)c(F)c3c2C(=O)NC3)cn1. The number of nitrogens with two attached hydrogens (primary N) is 1. The van der Waals surface area contributed by atoms with Crippen molar-refractivity contribution in [2.24, 2.45) is 5.73 Å². The molecule has 9 heteroatoms. The summed E-state index contributed by atoms with van der Waals surface area (Å²) in [4.78, 5) is 16.7. The van der Waals surface area contributed by atoms with E-state index in [9.17, 15) is 9.18 Å². The fourth-order valence-corrected chi connectivity index (χ4v) is 3.36. The van der Waals surface area contributed by atoms with Crippen LogP contribution in [0.3, 0.4) is 0 Å². The maximum Gasteiger partial charge on any atom is 0.254 e. The number of pyridine rings is 1. The Hall–Kier alpha value is -2.52. The summed E-state index contributed by atoms with van der Waals surface area (Å²) in [6, 6.07) is -0.385. The number of carbonyl (C=O) groups excluding carboxylic acids is 1.